The van der Waals surface area contributed by atoms with Crippen LogP contribution >= 0.6 is 0 Å². The van der Waals surface area contributed by atoms with Crippen LogP contribution in [0, 0.1) is 17.5 Å². The van der Waals surface area contributed by atoms with Gasteiger partial charge in [0.15, 0.2) is 23.1 Å². The van der Waals surface area contributed by atoms with E-state index in [1.165, 1.54) is 0 Å². The van der Waals surface area contributed by atoms with Gasteiger partial charge in [-0.05, 0) is 18.2 Å². The highest BCUT2D eigenvalue weighted by Crippen LogP contribution is 2.31. The summed E-state index contributed by atoms with van der Waals surface area (Å²) < 4.78 is 76.5. The van der Waals surface area contributed by atoms with Crippen LogP contribution in [0.5, 0.6) is 0 Å². The SMILES string of the molecule is Nc1nc(-c2cc(F)c(F)c(F)c2)cc(C(F)(F)F)n1. The molecule has 2 N–H and O–H groups in total. The lowest BCUT2D eigenvalue weighted by Crippen LogP contribution is -2.11. The number of nitrogens with two attached hydrogens (primary N) is 1. The lowest BCUT2D eigenvalue weighted by molar-refractivity contribution is -0.141. The number of rotatable bonds is 1. The summed E-state index contributed by atoms with van der Waals surface area (Å²) in [4.78, 5) is 6.41. The zero-order valence-electron chi connectivity index (χ0n) is 9.47. The molecule has 0 aliphatic carbocycles. The second-order valence-corrected chi connectivity index (χ2v) is 3.75. The Bertz CT molecular complexity index is 645. The van der Waals surface area contributed by atoms with E-state index < -0.39 is 41.0 Å². The molecule has 106 valence electrons. The van der Waals surface area contributed by atoms with Gasteiger partial charge in [-0.1, -0.05) is 0 Å². The van der Waals surface area contributed by atoms with Gasteiger partial charge in [-0.15, -0.1) is 0 Å². The van der Waals surface area contributed by atoms with Crippen molar-refractivity contribution in [1.29, 1.82) is 0 Å². The topological polar surface area (TPSA) is 51.8 Å². The second-order valence-electron chi connectivity index (χ2n) is 3.75. The summed E-state index contributed by atoms with van der Waals surface area (Å²) in [5.41, 5.74) is 2.89. The molecule has 3 nitrogen and oxygen atoms in total. The molecular weight excluding hydrogens is 288 g/mol. The first-order chi connectivity index (χ1) is 9.18. The fourth-order valence-corrected chi connectivity index (χ4v) is 1.46. The van der Waals surface area contributed by atoms with E-state index in [4.69, 9.17) is 5.73 Å². The van der Waals surface area contributed by atoms with Crippen molar-refractivity contribution in [3.63, 3.8) is 0 Å². The zero-order valence-corrected chi connectivity index (χ0v) is 9.47. The predicted octanol–water partition coefficient (Wildman–Crippen LogP) is 3.16. The number of aromatic nitrogens is 2. The molecule has 0 atom stereocenters. The average molecular weight is 293 g/mol. The maximum Gasteiger partial charge on any atom is 0.433 e. The molecule has 0 saturated carbocycles. The first kappa shape index (κ1) is 14.1. The monoisotopic (exact) mass is 293 g/mol. The van der Waals surface area contributed by atoms with Crippen LogP contribution in [-0.4, -0.2) is 9.97 Å². The molecule has 2 aromatic rings. The van der Waals surface area contributed by atoms with Crippen molar-refractivity contribution >= 4 is 5.95 Å². The molecule has 0 fully saturated rings. The van der Waals surface area contributed by atoms with Gasteiger partial charge in [0.05, 0.1) is 5.69 Å². The first-order valence-electron chi connectivity index (χ1n) is 5.05. The summed E-state index contributed by atoms with van der Waals surface area (Å²) in [7, 11) is 0. The maximum atomic E-state index is 13.0. The lowest BCUT2D eigenvalue weighted by Gasteiger charge is -2.09. The third kappa shape index (κ3) is 2.65. The molecule has 2 rings (SSSR count). The maximum absolute atomic E-state index is 13.0. The Morgan fingerprint density at radius 3 is 1.95 bits per heavy atom. The van der Waals surface area contributed by atoms with Crippen molar-refractivity contribution in [2.24, 2.45) is 0 Å². The molecule has 0 saturated heterocycles. The molecule has 0 spiro atoms. The van der Waals surface area contributed by atoms with Gasteiger partial charge >= 0.3 is 6.18 Å². The summed E-state index contributed by atoms with van der Waals surface area (Å²) in [6, 6.07) is 1.49. The van der Waals surface area contributed by atoms with Gasteiger partial charge in [-0.3, -0.25) is 0 Å². The van der Waals surface area contributed by atoms with Crippen LogP contribution in [0.1, 0.15) is 5.69 Å². The first-order valence-corrected chi connectivity index (χ1v) is 5.05. The fraction of sp³-hybridized carbons (Fsp3) is 0.0909. The molecule has 20 heavy (non-hydrogen) atoms. The molecule has 1 aromatic carbocycles. The highest BCUT2D eigenvalue weighted by Gasteiger charge is 2.33. The van der Waals surface area contributed by atoms with Crippen molar-refractivity contribution in [3.05, 3.63) is 41.3 Å². The van der Waals surface area contributed by atoms with Gasteiger partial charge in [0, 0.05) is 5.56 Å². The minimum Gasteiger partial charge on any atom is -0.368 e. The Kier molecular flexibility index (Phi) is 3.28. The Morgan fingerprint density at radius 1 is 0.900 bits per heavy atom. The van der Waals surface area contributed by atoms with E-state index in [2.05, 4.69) is 9.97 Å². The molecule has 0 unspecified atom stereocenters. The van der Waals surface area contributed by atoms with Crippen molar-refractivity contribution in [3.8, 4) is 11.3 Å². The normalized spacial score (nSPS) is 11.7. The number of nitrogens with zero attached hydrogens (tertiary/aromatic N) is 2. The van der Waals surface area contributed by atoms with Crippen LogP contribution in [0.4, 0.5) is 32.3 Å². The minimum atomic E-state index is -4.80. The fourth-order valence-electron chi connectivity index (χ4n) is 1.46. The van der Waals surface area contributed by atoms with E-state index in [0.717, 1.165) is 0 Å². The summed E-state index contributed by atoms with van der Waals surface area (Å²) in [6.07, 6.45) is -4.80. The Labute approximate surface area is 108 Å². The third-order valence-electron chi connectivity index (χ3n) is 2.31. The minimum absolute atomic E-state index is 0.388. The van der Waals surface area contributed by atoms with Gasteiger partial charge in [-0.2, -0.15) is 13.2 Å². The van der Waals surface area contributed by atoms with Gasteiger partial charge < -0.3 is 5.73 Å². The number of nitrogen functional groups attached to an aromatic ring is 1. The summed E-state index contributed by atoms with van der Waals surface area (Å²) >= 11 is 0. The smallest absolute Gasteiger partial charge is 0.368 e. The van der Waals surface area contributed by atoms with Crippen molar-refractivity contribution < 1.29 is 26.3 Å². The van der Waals surface area contributed by atoms with Crippen molar-refractivity contribution in [2.45, 2.75) is 6.18 Å². The van der Waals surface area contributed by atoms with E-state index >= 15 is 0 Å². The average Bonchev–Trinajstić information content (AvgIpc) is 2.33. The van der Waals surface area contributed by atoms with Gasteiger partial charge in [0.25, 0.3) is 0 Å². The van der Waals surface area contributed by atoms with Crippen molar-refractivity contribution in [1.82, 2.24) is 9.97 Å². The van der Waals surface area contributed by atoms with Gasteiger partial charge in [0.1, 0.15) is 0 Å². The number of alkyl halides is 3. The molecule has 0 bridgehead atoms. The third-order valence-corrected chi connectivity index (χ3v) is 2.31. The van der Waals surface area contributed by atoms with Crippen LogP contribution in [0.25, 0.3) is 11.3 Å². The largest absolute Gasteiger partial charge is 0.433 e. The van der Waals surface area contributed by atoms with Crippen LogP contribution < -0.4 is 5.73 Å². The highest BCUT2D eigenvalue weighted by atomic mass is 19.4. The number of anilines is 1. The Balaban J connectivity index is 2.61. The molecule has 0 amide bonds. The molecule has 1 heterocycles. The molecule has 1 aromatic heterocycles. The Hall–Kier alpha value is -2.32. The van der Waals surface area contributed by atoms with Gasteiger partial charge in [0.2, 0.25) is 5.95 Å². The summed E-state index contributed by atoms with van der Waals surface area (Å²) in [6.45, 7) is 0. The van der Waals surface area contributed by atoms with Gasteiger partial charge in [-0.25, -0.2) is 23.1 Å². The predicted molar refractivity (Wildman–Crippen MR) is 56.8 cm³/mol. The zero-order chi connectivity index (χ0) is 15.1. The van der Waals surface area contributed by atoms with E-state index in [0.29, 0.717) is 18.2 Å². The highest BCUT2D eigenvalue weighted by molar-refractivity contribution is 5.61. The van der Waals surface area contributed by atoms with E-state index in [1.54, 1.807) is 0 Å². The standard InChI is InChI=1S/C11H5F6N3/c12-5-1-4(2-6(13)9(5)14)7-3-8(11(15,16)17)20-10(18)19-7/h1-3H,(H2,18,19,20). The van der Waals surface area contributed by atoms with Crippen LogP contribution in [0.2, 0.25) is 0 Å². The molecule has 9 heteroatoms. The number of benzene rings is 1. The van der Waals surface area contributed by atoms with Crippen LogP contribution in [0.15, 0.2) is 18.2 Å². The molecule has 0 radical (unpaired) electrons. The summed E-state index contributed by atoms with van der Waals surface area (Å²) in [5, 5.41) is 0. The number of hydrogen-bond donors (Lipinski definition) is 1. The molecular formula is C11H5F6N3. The number of halogens is 6. The van der Waals surface area contributed by atoms with Crippen LogP contribution in [0.3, 0.4) is 0 Å². The number of hydrogen-bond acceptors (Lipinski definition) is 3. The Morgan fingerprint density at radius 2 is 1.45 bits per heavy atom. The van der Waals surface area contributed by atoms with Crippen LogP contribution in [-0.2, 0) is 6.18 Å². The van der Waals surface area contributed by atoms with E-state index in [1.807, 2.05) is 0 Å². The lowest BCUT2D eigenvalue weighted by atomic mass is 10.1. The second kappa shape index (κ2) is 4.66. The van der Waals surface area contributed by atoms with Crippen molar-refractivity contribution in [2.75, 3.05) is 5.73 Å². The quantitative estimate of drug-likeness (QED) is 0.649. The molecule has 0 aliphatic rings. The molecule has 0 aliphatic heterocycles. The summed E-state index contributed by atoms with van der Waals surface area (Å²) in [5.74, 6) is -5.55. The van der Waals surface area contributed by atoms with E-state index in [9.17, 15) is 26.3 Å². The van der Waals surface area contributed by atoms with E-state index in [-0.39, 0.29) is 5.56 Å².